The standard InChI is InChI=1S/C13H24O4.HO/c1-8(2)11-5-4-9(3)13(12(11)16)17-7-10(15)6-14;/h8-11,13-15H,4-7H2,1-3H3;1H. The van der Waals surface area contributed by atoms with Crippen molar-refractivity contribution in [1.29, 1.82) is 0 Å². The molecule has 4 unspecified atom stereocenters. The van der Waals surface area contributed by atoms with E-state index < -0.39 is 12.2 Å². The van der Waals surface area contributed by atoms with Crippen LogP contribution in [0.3, 0.4) is 0 Å². The van der Waals surface area contributed by atoms with Crippen molar-refractivity contribution in [2.45, 2.75) is 45.8 Å². The van der Waals surface area contributed by atoms with Crippen LogP contribution in [0, 0.1) is 17.8 Å². The zero-order valence-electron chi connectivity index (χ0n) is 11.4. The lowest BCUT2D eigenvalue weighted by atomic mass is 9.75. The van der Waals surface area contributed by atoms with Crippen molar-refractivity contribution < 1.29 is 25.2 Å². The van der Waals surface area contributed by atoms with Gasteiger partial charge in [0.15, 0.2) is 5.78 Å². The molecule has 18 heavy (non-hydrogen) atoms. The maximum atomic E-state index is 12.2. The van der Waals surface area contributed by atoms with E-state index in [1.54, 1.807) is 0 Å². The quantitative estimate of drug-likeness (QED) is 0.682. The number of Topliss-reactive ketones (excluding diaryl/α,β-unsaturated/α-hetero) is 1. The van der Waals surface area contributed by atoms with E-state index in [-0.39, 0.29) is 36.3 Å². The molecule has 1 fully saturated rings. The molecule has 1 saturated carbocycles. The summed E-state index contributed by atoms with van der Waals surface area (Å²) < 4.78 is 5.48. The van der Waals surface area contributed by atoms with Gasteiger partial charge in [-0.25, -0.2) is 0 Å². The molecule has 0 heterocycles. The summed E-state index contributed by atoms with van der Waals surface area (Å²) in [6.45, 7) is 5.81. The van der Waals surface area contributed by atoms with Gasteiger partial charge in [-0.05, 0) is 24.7 Å². The highest BCUT2D eigenvalue weighted by molar-refractivity contribution is 5.86. The molecule has 5 heteroatoms. The summed E-state index contributed by atoms with van der Waals surface area (Å²) in [4.78, 5) is 12.2. The molecular weight excluding hydrogens is 236 g/mol. The van der Waals surface area contributed by atoms with Gasteiger partial charge < -0.3 is 14.9 Å². The first-order valence-corrected chi connectivity index (χ1v) is 6.41. The molecule has 0 amide bonds. The number of aliphatic hydroxyl groups excluding tert-OH is 2. The van der Waals surface area contributed by atoms with Crippen molar-refractivity contribution >= 4 is 5.78 Å². The third-order valence-electron chi connectivity index (χ3n) is 3.58. The number of hydrogen-bond donors (Lipinski definition) is 3. The van der Waals surface area contributed by atoms with E-state index in [2.05, 4.69) is 13.8 Å². The molecule has 107 valence electrons. The molecule has 0 aliphatic heterocycles. The van der Waals surface area contributed by atoms with Crippen LogP contribution in [0.2, 0.25) is 0 Å². The van der Waals surface area contributed by atoms with Crippen LogP contribution in [0.1, 0.15) is 33.6 Å². The molecule has 1 aliphatic rings. The van der Waals surface area contributed by atoms with E-state index in [1.165, 1.54) is 0 Å². The average molecular weight is 261 g/mol. The Hall–Kier alpha value is -0.490. The summed E-state index contributed by atoms with van der Waals surface area (Å²) in [6, 6.07) is 0. The lowest BCUT2D eigenvalue weighted by Crippen LogP contribution is -2.43. The molecule has 0 aromatic carbocycles. The fourth-order valence-electron chi connectivity index (χ4n) is 2.40. The molecule has 0 spiro atoms. The first-order valence-electron chi connectivity index (χ1n) is 6.41. The summed E-state index contributed by atoms with van der Waals surface area (Å²) in [7, 11) is 0. The van der Waals surface area contributed by atoms with Gasteiger partial charge in [0, 0.05) is 5.92 Å². The van der Waals surface area contributed by atoms with Gasteiger partial charge in [-0.1, -0.05) is 20.8 Å². The minimum atomic E-state index is -0.894. The smallest absolute Gasteiger partial charge is 0.165 e. The van der Waals surface area contributed by atoms with Gasteiger partial charge in [0.1, 0.15) is 12.2 Å². The van der Waals surface area contributed by atoms with E-state index in [4.69, 9.17) is 9.84 Å². The third-order valence-corrected chi connectivity index (χ3v) is 3.58. The minimum Gasteiger partial charge on any atom is -0.394 e. The largest absolute Gasteiger partial charge is 0.394 e. The highest BCUT2D eigenvalue weighted by Crippen LogP contribution is 2.32. The Kier molecular flexibility index (Phi) is 7.62. The number of hydrogen-bond acceptors (Lipinski definition) is 4. The van der Waals surface area contributed by atoms with Crippen LogP contribution in [-0.2, 0) is 9.53 Å². The van der Waals surface area contributed by atoms with Crippen LogP contribution in [0.15, 0.2) is 0 Å². The second kappa shape index (κ2) is 7.84. The Balaban J connectivity index is 0.00000289. The lowest BCUT2D eigenvalue weighted by Gasteiger charge is -2.34. The zero-order chi connectivity index (χ0) is 13.0. The molecule has 4 atom stereocenters. The van der Waals surface area contributed by atoms with Crippen LogP contribution < -0.4 is 0 Å². The number of rotatable bonds is 5. The Labute approximate surface area is 108 Å². The summed E-state index contributed by atoms with van der Waals surface area (Å²) in [5.41, 5.74) is 0. The summed E-state index contributed by atoms with van der Waals surface area (Å²) in [5.74, 6) is 0.763. The molecule has 0 aromatic rings. The van der Waals surface area contributed by atoms with Crippen molar-refractivity contribution in [2.24, 2.45) is 17.8 Å². The van der Waals surface area contributed by atoms with Crippen molar-refractivity contribution in [3.05, 3.63) is 0 Å². The maximum absolute atomic E-state index is 12.2. The Bertz CT molecular complexity index is 254. The van der Waals surface area contributed by atoms with E-state index in [0.29, 0.717) is 5.92 Å². The molecule has 0 saturated heterocycles. The third kappa shape index (κ3) is 4.31. The highest BCUT2D eigenvalue weighted by Gasteiger charge is 2.38. The first kappa shape index (κ1) is 17.5. The molecule has 1 rings (SSSR count). The van der Waals surface area contributed by atoms with Crippen LogP contribution in [0.5, 0.6) is 0 Å². The second-order valence-corrected chi connectivity index (χ2v) is 5.40. The second-order valence-electron chi connectivity index (χ2n) is 5.40. The van der Waals surface area contributed by atoms with Crippen LogP contribution >= 0.6 is 0 Å². The van der Waals surface area contributed by atoms with Crippen LogP contribution in [-0.4, -0.2) is 46.9 Å². The summed E-state index contributed by atoms with van der Waals surface area (Å²) in [6.07, 6.45) is 0.598. The summed E-state index contributed by atoms with van der Waals surface area (Å²) in [5, 5.41) is 18.0. The van der Waals surface area contributed by atoms with Gasteiger partial charge in [-0.2, -0.15) is 0 Å². The van der Waals surface area contributed by atoms with Crippen molar-refractivity contribution in [2.75, 3.05) is 13.2 Å². The molecule has 0 aromatic heterocycles. The van der Waals surface area contributed by atoms with E-state index in [0.717, 1.165) is 12.8 Å². The molecule has 5 nitrogen and oxygen atoms in total. The average Bonchev–Trinajstić information content (AvgIpc) is 2.27. The lowest BCUT2D eigenvalue weighted by molar-refractivity contribution is -0.147. The van der Waals surface area contributed by atoms with Gasteiger partial charge in [-0.3, -0.25) is 10.3 Å². The van der Waals surface area contributed by atoms with Gasteiger partial charge in [0.05, 0.1) is 13.2 Å². The number of carbonyl (C=O) groups is 1. The molecular formula is C13H25O5. The Morgan fingerprint density at radius 3 is 2.50 bits per heavy atom. The van der Waals surface area contributed by atoms with E-state index in [1.807, 2.05) is 6.92 Å². The number of aliphatic hydroxyl groups is 2. The van der Waals surface area contributed by atoms with Crippen molar-refractivity contribution in [3.8, 4) is 0 Å². The Morgan fingerprint density at radius 2 is 2.00 bits per heavy atom. The molecule has 0 bridgehead atoms. The molecule has 1 aliphatic carbocycles. The van der Waals surface area contributed by atoms with Gasteiger partial charge in [0.25, 0.3) is 0 Å². The van der Waals surface area contributed by atoms with Crippen LogP contribution in [0.25, 0.3) is 0 Å². The van der Waals surface area contributed by atoms with Gasteiger partial charge in [-0.15, -0.1) is 0 Å². The van der Waals surface area contributed by atoms with E-state index >= 15 is 0 Å². The van der Waals surface area contributed by atoms with Crippen molar-refractivity contribution in [3.63, 3.8) is 0 Å². The fourth-order valence-corrected chi connectivity index (χ4v) is 2.40. The monoisotopic (exact) mass is 261 g/mol. The predicted octanol–water partition coefficient (Wildman–Crippen LogP) is 0.819. The maximum Gasteiger partial charge on any atom is 0.165 e. The van der Waals surface area contributed by atoms with Gasteiger partial charge in [0.2, 0.25) is 0 Å². The molecule has 1 radical (unpaired) electrons. The van der Waals surface area contributed by atoms with Crippen LogP contribution in [0.4, 0.5) is 0 Å². The number of ether oxygens (including phenoxy) is 1. The zero-order valence-corrected chi connectivity index (χ0v) is 11.4. The molecule has 3 N–H and O–H groups in total. The van der Waals surface area contributed by atoms with Gasteiger partial charge >= 0.3 is 0 Å². The van der Waals surface area contributed by atoms with E-state index in [9.17, 15) is 9.90 Å². The normalized spacial score (nSPS) is 30.1. The number of carbonyl (C=O) groups excluding carboxylic acids is 1. The first-order chi connectivity index (χ1) is 7.97. The fraction of sp³-hybridized carbons (Fsp3) is 0.923. The minimum absolute atomic E-state index is 0. The predicted molar refractivity (Wildman–Crippen MR) is 66.5 cm³/mol. The number of ketones is 1. The topological polar surface area (TPSA) is 96.8 Å². The Morgan fingerprint density at radius 1 is 1.39 bits per heavy atom. The van der Waals surface area contributed by atoms with Crippen molar-refractivity contribution in [1.82, 2.24) is 0 Å². The SMILES string of the molecule is CC(C)C1CCC(C)C(OCC(O)CO)C1=O.[OH]. The highest BCUT2D eigenvalue weighted by atomic mass is 16.5. The summed E-state index contributed by atoms with van der Waals surface area (Å²) >= 11 is 0.